The first-order valence-electron chi connectivity index (χ1n) is 11.8. The van der Waals surface area contributed by atoms with Crippen LogP contribution < -0.4 is 10.6 Å². The normalized spacial score (nSPS) is 15.1. The van der Waals surface area contributed by atoms with Gasteiger partial charge in [-0.1, -0.05) is 31.9 Å². The molecule has 1 aliphatic carbocycles. The third kappa shape index (κ3) is 6.85. The van der Waals surface area contributed by atoms with Crippen LogP contribution in [-0.4, -0.2) is 39.2 Å². The lowest BCUT2D eigenvalue weighted by atomic mass is 9.97. The van der Waals surface area contributed by atoms with Gasteiger partial charge in [-0.15, -0.1) is 11.3 Å². The summed E-state index contributed by atoms with van der Waals surface area (Å²) in [6, 6.07) is 4.72. The van der Waals surface area contributed by atoms with Gasteiger partial charge in [-0.2, -0.15) is 0 Å². The molecule has 7 nitrogen and oxygen atoms in total. The first kappa shape index (κ1) is 25.8. The van der Waals surface area contributed by atoms with Crippen molar-refractivity contribution in [3.8, 4) is 0 Å². The number of anilines is 1. The Kier molecular flexibility index (Phi) is 8.77. The highest BCUT2D eigenvalue weighted by atomic mass is 32.1. The second-order valence-electron chi connectivity index (χ2n) is 9.31. The molecular weight excluding hydrogens is 455 g/mol. The average molecular weight is 489 g/mol. The number of carbonyl (C=O) groups is 3. The summed E-state index contributed by atoms with van der Waals surface area (Å²) in [6.45, 7) is 5.84. The summed E-state index contributed by atoms with van der Waals surface area (Å²) in [6.07, 6.45) is 5.78. The quantitative estimate of drug-likeness (QED) is 0.502. The van der Waals surface area contributed by atoms with Gasteiger partial charge in [-0.3, -0.25) is 14.4 Å². The fourth-order valence-electron chi connectivity index (χ4n) is 4.13. The molecule has 1 aliphatic rings. The number of benzene rings is 1. The molecule has 0 unspecified atom stereocenters. The molecule has 0 bridgehead atoms. The monoisotopic (exact) mass is 488 g/mol. The second kappa shape index (κ2) is 11.6. The first-order valence-corrected chi connectivity index (χ1v) is 12.7. The van der Waals surface area contributed by atoms with E-state index in [4.69, 9.17) is 0 Å². The van der Waals surface area contributed by atoms with Crippen LogP contribution in [0.15, 0.2) is 35.8 Å². The molecule has 2 N–H and O–H groups in total. The van der Waals surface area contributed by atoms with Crippen LogP contribution in [-0.2, 0) is 14.4 Å². The predicted octanol–water partition coefficient (Wildman–Crippen LogP) is 4.82. The van der Waals surface area contributed by atoms with Crippen molar-refractivity contribution < 1.29 is 18.8 Å². The number of hydrogen-bond donors (Lipinski definition) is 2. The molecule has 1 heterocycles. The third-order valence-electron chi connectivity index (χ3n) is 6.31. The molecule has 184 valence electrons. The molecule has 34 heavy (non-hydrogen) atoms. The highest BCUT2D eigenvalue weighted by molar-refractivity contribution is 7.13. The van der Waals surface area contributed by atoms with Crippen molar-refractivity contribution in [3.05, 3.63) is 47.2 Å². The van der Waals surface area contributed by atoms with E-state index in [0.717, 1.165) is 25.7 Å². The van der Waals surface area contributed by atoms with Crippen LogP contribution in [0.3, 0.4) is 0 Å². The van der Waals surface area contributed by atoms with E-state index in [9.17, 15) is 18.8 Å². The molecule has 1 aromatic carbocycles. The molecule has 0 spiro atoms. The molecule has 1 atom stereocenters. The minimum absolute atomic E-state index is 0.0140. The Balaban J connectivity index is 1.86. The number of amides is 3. The topological polar surface area (TPSA) is 91.4 Å². The zero-order valence-corrected chi connectivity index (χ0v) is 20.8. The van der Waals surface area contributed by atoms with Crippen molar-refractivity contribution >= 4 is 34.2 Å². The molecule has 1 saturated carbocycles. The van der Waals surface area contributed by atoms with Gasteiger partial charge in [0.15, 0.2) is 5.13 Å². The molecule has 0 saturated heterocycles. The lowest BCUT2D eigenvalue weighted by Gasteiger charge is -2.38. The Bertz CT molecular complexity index is 973. The summed E-state index contributed by atoms with van der Waals surface area (Å²) in [4.78, 5) is 45.1. The number of thiazole rings is 1. The van der Waals surface area contributed by atoms with Crippen molar-refractivity contribution in [2.24, 2.45) is 0 Å². The minimum Gasteiger partial charge on any atom is -0.349 e. The summed E-state index contributed by atoms with van der Waals surface area (Å²) in [5.41, 5.74) is 0.0890. The van der Waals surface area contributed by atoms with Crippen molar-refractivity contribution in [2.75, 3.05) is 5.32 Å². The standard InChI is InChI=1S/C25H33FN4O3S/c1-4-25(2,3)29-23(33)22(17-9-11-18(26)12-10-17)30(19-7-5-6-8-19)21(32)14-13-20(31)28-24-27-15-16-34-24/h9-12,15-16,19,22H,4-8,13-14H2,1-3H3,(H,29,33)(H,27,28,31)/t22-/m0/s1. The zero-order chi connectivity index (χ0) is 24.7. The van der Waals surface area contributed by atoms with Crippen molar-refractivity contribution in [1.82, 2.24) is 15.2 Å². The summed E-state index contributed by atoms with van der Waals surface area (Å²) in [5, 5.41) is 7.99. The third-order valence-corrected chi connectivity index (χ3v) is 7.00. The Hall–Kier alpha value is -2.81. The summed E-state index contributed by atoms with van der Waals surface area (Å²) in [5.74, 6) is -1.27. The molecule has 9 heteroatoms. The Labute approximate surface area is 204 Å². The van der Waals surface area contributed by atoms with Gasteiger partial charge >= 0.3 is 0 Å². The lowest BCUT2D eigenvalue weighted by Crippen LogP contribution is -2.52. The van der Waals surface area contributed by atoms with E-state index in [0.29, 0.717) is 17.1 Å². The Morgan fingerprint density at radius 3 is 2.44 bits per heavy atom. The van der Waals surface area contributed by atoms with Crippen LogP contribution in [0.1, 0.15) is 77.3 Å². The van der Waals surface area contributed by atoms with Gasteiger partial charge in [0.1, 0.15) is 11.9 Å². The number of rotatable bonds is 10. The van der Waals surface area contributed by atoms with E-state index < -0.39 is 17.4 Å². The van der Waals surface area contributed by atoms with Gasteiger partial charge in [-0.25, -0.2) is 9.37 Å². The average Bonchev–Trinajstić information content (AvgIpc) is 3.51. The molecule has 3 amide bonds. The molecule has 0 aliphatic heterocycles. The highest BCUT2D eigenvalue weighted by Gasteiger charge is 2.38. The molecule has 1 aromatic heterocycles. The predicted molar refractivity (Wildman–Crippen MR) is 131 cm³/mol. The SMILES string of the molecule is CCC(C)(C)NC(=O)[C@H](c1ccc(F)cc1)N(C(=O)CCC(=O)Nc1nccs1)C1CCCC1. The van der Waals surface area contributed by atoms with E-state index >= 15 is 0 Å². The second-order valence-corrected chi connectivity index (χ2v) is 10.2. The van der Waals surface area contributed by atoms with Crippen LogP contribution in [0, 0.1) is 5.82 Å². The van der Waals surface area contributed by atoms with E-state index in [1.807, 2.05) is 20.8 Å². The fraction of sp³-hybridized carbons (Fsp3) is 0.520. The van der Waals surface area contributed by atoms with Crippen molar-refractivity contribution in [2.45, 2.75) is 83.3 Å². The molecule has 0 radical (unpaired) electrons. The summed E-state index contributed by atoms with van der Waals surface area (Å²) in [7, 11) is 0. The van der Waals surface area contributed by atoms with Crippen molar-refractivity contribution in [1.29, 1.82) is 0 Å². The molecule has 2 aromatic rings. The van der Waals surface area contributed by atoms with E-state index in [1.165, 1.54) is 23.5 Å². The Morgan fingerprint density at radius 2 is 1.85 bits per heavy atom. The van der Waals surface area contributed by atoms with Gasteiger partial charge in [-0.05, 0) is 50.8 Å². The van der Waals surface area contributed by atoms with Crippen LogP contribution in [0.25, 0.3) is 0 Å². The van der Waals surface area contributed by atoms with Crippen molar-refractivity contribution in [3.63, 3.8) is 0 Å². The van der Waals surface area contributed by atoms with Crippen LogP contribution in [0.2, 0.25) is 0 Å². The maximum absolute atomic E-state index is 13.7. The van der Waals surface area contributed by atoms with Gasteiger partial charge in [0.05, 0.1) is 0 Å². The Morgan fingerprint density at radius 1 is 1.18 bits per heavy atom. The number of nitrogens with zero attached hydrogens (tertiary/aromatic N) is 2. The van der Waals surface area contributed by atoms with Crippen LogP contribution in [0.4, 0.5) is 9.52 Å². The maximum Gasteiger partial charge on any atom is 0.247 e. The fourth-order valence-corrected chi connectivity index (χ4v) is 4.68. The largest absolute Gasteiger partial charge is 0.349 e. The lowest BCUT2D eigenvalue weighted by molar-refractivity contribution is -0.144. The van der Waals surface area contributed by atoms with E-state index in [-0.39, 0.29) is 36.6 Å². The minimum atomic E-state index is -0.899. The van der Waals surface area contributed by atoms with E-state index in [1.54, 1.807) is 28.6 Å². The van der Waals surface area contributed by atoms with Gasteiger partial charge in [0.2, 0.25) is 17.7 Å². The molecular formula is C25H33FN4O3S. The van der Waals surface area contributed by atoms with Gasteiger partial charge in [0.25, 0.3) is 0 Å². The molecule has 3 rings (SSSR count). The number of halogens is 1. The highest BCUT2D eigenvalue weighted by Crippen LogP contribution is 2.33. The number of nitrogens with one attached hydrogen (secondary N) is 2. The summed E-state index contributed by atoms with van der Waals surface area (Å²) < 4.78 is 13.7. The molecule has 1 fully saturated rings. The number of hydrogen-bond acceptors (Lipinski definition) is 5. The van der Waals surface area contributed by atoms with Gasteiger partial charge < -0.3 is 15.5 Å². The maximum atomic E-state index is 13.7. The van der Waals surface area contributed by atoms with Crippen LogP contribution >= 0.6 is 11.3 Å². The number of aromatic nitrogens is 1. The summed E-state index contributed by atoms with van der Waals surface area (Å²) >= 11 is 1.30. The first-order chi connectivity index (χ1) is 16.2. The zero-order valence-electron chi connectivity index (χ0n) is 20.0. The van der Waals surface area contributed by atoms with Gasteiger partial charge in [0, 0.05) is 36.0 Å². The number of carbonyl (C=O) groups excluding carboxylic acids is 3. The smallest absolute Gasteiger partial charge is 0.247 e. The van der Waals surface area contributed by atoms with E-state index in [2.05, 4.69) is 15.6 Å². The van der Waals surface area contributed by atoms with Crippen LogP contribution in [0.5, 0.6) is 0 Å².